The molecule has 0 bridgehead atoms. The Hall–Kier alpha value is -2.37. The summed E-state index contributed by atoms with van der Waals surface area (Å²) in [5.74, 6) is -2.05. The van der Waals surface area contributed by atoms with Gasteiger partial charge in [-0.05, 0) is 35.9 Å². The molecule has 0 fully saturated rings. The molecule has 0 aliphatic rings. The van der Waals surface area contributed by atoms with E-state index in [1.54, 1.807) is 24.3 Å². The van der Waals surface area contributed by atoms with E-state index in [0.717, 1.165) is 12.1 Å². The van der Waals surface area contributed by atoms with Gasteiger partial charge in [-0.2, -0.15) is 0 Å². The molecule has 0 unspecified atom stereocenters. The molecule has 2 aromatic rings. The third-order valence-electron chi connectivity index (χ3n) is 2.85. The molecule has 0 aromatic heterocycles. The summed E-state index contributed by atoms with van der Waals surface area (Å²) < 4.78 is 18.2. The second-order valence-corrected chi connectivity index (χ2v) is 5.48. The van der Waals surface area contributed by atoms with E-state index >= 15 is 0 Å². The van der Waals surface area contributed by atoms with Crippen LogP contribution in [0.4, 0.5) is 10.1 Å². The monoisotopic (exact) mass is 367 g/mol. The fourth-order valence-corrected chi connectivity index (χ4v) is 2.10. The van der Waals surface area contributed by atoms with Crippen molar-refractivity contribution in [2.45, 2.75) is 0 Å². The third kappa shape index (κ3) is 5.37. The molecule has 0 heterocycles. The molecule has 4 nitrogen and oxygen atoms in total. The normalized spacial score (nSPS) is 10.6. The Morgan fingerprint density at radius 2 is 1.92 bits per heavy atom. The number of ether oxygens (including phenoxy) is 1. The zero-order valence-electron chi connectivity index (χ0n) is 12.3. The zero-order chi connectivity index (χ0) is 17.5. The molecular formula is C17H12Cl2FNO3. The number of esters is 1. The van der Waals surface area contributed by atoms with E-state index < -0.39 is 24.3 Å². The SMILES string of the molecule is O=C(COC(=O)/C=C/c1ccccc1Cl)Nc1cc(Cl)ccc1F. The van der Waals surface area contributed by atoms with Crippen LogP contribution in [0.5, 0.6) is 0 Å². The smallest absolute Gasteiger partial charge is 0.331 e. The number of anilines is 1. The number of amides is 1. The van der Waals surface area contributed by atoms with Gasteiger partial charge in [0, 0.05) is 16.1 Å². The van der Waals surface area contributed by atoms with Crippen molar-refractivity contribution in [1.82, 2.24) is 0 Å². The standard InChI is InChI=1S/C17H12Cl2FNO3/c18-12-6-7-14(20)15(9-12)21-16(22)10-24-17(23)8-5-11-3-1-2-4-13(11)19/h1-9H,10H2,(H,21,22)/b8-5+. The first-order chi connectivity index (χ1) is 11.5. The summed E-state index contributed by atoms with van der Waals surface area (Å²) >= 11 is 11.7. The highest BCUT2D eigenvalue weighted by atomic mass is 35.5. The fraction of sp³-hybridized carbons (Fsp3) is 0.0588. The summed E-state index contributed by atoms with van der Waals surface area (Å²) in [6, 6.07) is 10.7. The van der Waals surface area contributed by atoms with Crippen molar-refractivity contribution in [1.29, 1.82) is 0 Å². The van der Waals surface area contributed by atoms with E-state index in [1.165, 1.54) is 18.2 Å². The Morgan fingerprint density at radius 1 is 1.17 bits per heavy atom. The average molecular weight is 368 g/mol. The second kappa shape index (κ2) is 8.47. The molecule has 0 saturated heterocycles. The molecule has 2 rings (SSSR count). The van der Waals surface area contributed by atoms with Crippen molar-refractivity contribution in [3.8, 4) is 0 Å². The zero-order valence-corrected chi connectivity index (χ0v) is 13.8. The van der Waals surface area contributed by atoms with Crippen molar-refractivity contribution in [2.24, 2.45) is 0 Å². The average Bonchev–Trinajstić information content (AvgIpc) is 2.55. The van der Waals surface area contributed by atoms with E-state index in [-0.39, 0.29) is 10.7 Å². The van der Waals surface area contributed by atoms with E-state index in [1.807, 2.05) is 0 Å². The maximum atomic E-state index is 13.5. The topological polar surface area (TPSA) is 55.4 Å². The molecule has 0 aliphatic carbocycles. The summed E-state index contributed by atoms with van der Waals surface area (Å²) in [5.41, 5.74) is 0.553. The van der Waals surface area contributed by atoms with Crippen molar-refractivity contribution in [3.63, 3.8) is 0 Å². The van der Waals surface area contributed by atoms with Crippen molar-refractivity contribution >= 4 is 46.8 Å². The van der Waals surface area contributed by atoms with Gasteiger partial charge in [0.1, 0.15) is 5.82 Å². The van der Waals surface area contributed by atoms with E-state index in [0.29, 0.717) is 10.6 Å². The Balaban J connectivity index is 1.86. The lowest BCUT2D eigenvalue weighted by Gasteiger charge is -2.06. The van der Waals surface area contributed by atoms with Crippen LogP contribution in [0.1, 0.15) is 5.56 Å². The molecular weight excluding hydrogens is 356 g/mol. The number of halogens is 3. The minimum Gasteiger partial charge on any atom is -0.452 e. The Labute approximate surface area is 147 Å². The molecule has 124 valence electrons. The molecule has 0 aliphatic heterocycles. The quantitative estimate of drug-likeness (QED) is 0.632. The lowest BCUT2D eigenvalue weighted by Crippen LogP contribution is -2.20. The molecule has 0 radical (unpaired) electrons. The van der Waals surface area contributed by atoms with Gasteiger partial charge < -0.3 is 10.1 Å². The van der Waals surface area contributed by atoms with E-state index in [4.69, 9.17) is 27.9 Å². The lowest BCUT2D eigenvalue weighted by molar-refractivity contribution is -0.142. The van der Waals surface area contributed by atoms with Gasteiger partial charge in [-0.15, -0.1) is 0 Å². The molecule has 1 N–H and O–H groups in total. The number of hydrogen-bond donors (Lipinski definition) is 1. The number of nitrogens with one attached hydrogen (secondary N) is 1. The largest absolute Gasteiger partial charge is 0.452 e. The van der Waals surface area contributed by atoms with Crippen LogP contribution in [0.2, 0.25) is 10.0 Å². The van der Waals surface area contributed by atoms with Gasteiger partial charge in [-0.25, -0.2) is 9.18 Å². The number of benzene rings is 2. The van der Waals surface area contributed by atoms with Gasteiger partial charge in [0.25, 0.3) is 5.91 Å². The van der Waals surface area contributed by atoms with Crippen LogP contribution in [0, 0.1) is 5.82 Å². The Kier molecular flexibility index (Phi) is 6.35. The van der Waals surface area contributed by atoms with Crippen molar-refractivity contribution in [2.75, 3.05) is 11.9 Å². The Morgan fingerprint density at radius 3 is 2.67 bits per heavy atom. The van der Waals surface area contributed by atoms with Crippen molar-refractivity contribution in [3.05, 3.63) is 70.0 Å². The van der Waals surface area contributed by atoms with Gasteiger partial charge in [0.15, 0.2) is 6.61 Å². The number of carbonyl (C=O) groups excluding carboxylic acids is 2. The summed E-state index contributed by atoms with van der Waals surface area (Å²) in [7, 11) is 0. The van der Waals surface area contributed by atoms with E-state index in [2.05, 4.69) is 5.32 Å². The highest BCUT2D eigenvalue weighted by Gasteiger charge is 2.09. The van der Waals surface area contributed by atoms with Crippen molar-refractivity contribution < 1.29 is 18.7 Å². The molecule has 0 saturated carbocycles. The minimum absolute atomic E-state index is 0.0878. The summed E-state index contributed by atoms with van der Waals surface area (Å²) in [4.78, 5) is 23.2. The van der Waals surface area contributed by atoms with Gasteiger partial charge in [0.2, 0.25) is 0 Å². The summed E-state index contributed by atoms with van der Waals surface area (Å²) in [6.07, 6.45) is 2.62. The van der Waals surface area contributed by atoms with Crippen LogP contribution in [0.15, 0.2) is 48.5 Å². The number of carbonyl (C=O) groups is 2. The first-order valence-electron chi connectivity index (χ1n) is 6.80. The van der Waals surface area contributed by atoms with Crippen LogP contribution in [-0.4, -0.2) is 18.5 Å². The van der Waals surface area contributed by atoms with Crippen LogP contribution in [0.25, 0.3) is 6.08 Å². The summed E-state index contributed by atoms with van der Waals surface area (Å²) in [6.45, 7) is -0.558. The third-order valence-corrected chi connectivity index (χ3v) is 3.43. The number of rotatable bonds is 5. The molecule has 0 atom stereocenters. The molecule has 0 spiro atoms. The lowest BCUT2D eigenvalue weighted by atomic mass is 10.2. The van der Waals surface area contributed by atoms with E-state index in [9.17, 15) is 14.0 Å². The first kappa shape index (κ1) is 18.0. The van der Waals surface area contributed by atoms with Crippen LogP contribution >= 0.6 is 23.2 Å². The summed E-state index contributed by atoms with van der Waals surface area (Å²) in [5, 5.41) is 3.02. The molecule has 7 heteroatoms. The van der Waals surface area contributed by atoms with Gasteiger partial charge in [-0.3, -0.25) is 4.79 Å². The fourth-order valence-electron chi connectivity index (χ4n) is 1.73. The minimum atomic E-state index is -0.725. The van der Waals surface area contributed by atoms with Crippen LogP contribution < -0.4 is 5.32 Å². The molecule has 2 aromatic carbocycles. The highest BCUT2D eigenvalue weighted by Crippen LogP contribution is 2.19. The molecule has 24 heavy (non-hydrogen) atoms. The first-order valence-corrected chi connectivity index (χ1v) is 7.55. The Bertz CT molecular complexity index is 793. The second-order valence-electron chi connectivity index (χ2n) is 4.63. The van der Waals surface area contributed by atoms with Gasteiger partial charge in [0.05, 0.1) is 5.69 Å². The molecule has 1 amide bonds. The van der Waals surface area contributed by atoms with Gasteiger partial charge in [-0.1, -0.05) is 41.4 Å². The van der Waals surface area contributed by atoms with Crippen LogP contribution in [-0.2, 0) is 14.3 Å². The maximum absolute atomic E-state index is 13.5. The highest BCUT2D eigenvalue weighted by molar-refractivity contribution is 6.32. The van der Waals surface area contributed by atoms with Gasteiger partial charge >= 0.3 is 5.97 Å². The van der Waals surface area contributed by atoms with Crippen LogP contribution in [0.3, 0.4) is 0 Å². The predicted molar refractivity (Wildman–Crippen MR) is 91.5 cm³/mol. The maximum Gasteiger partial charge on any atom is 0.331 e. The predicted octanol–water partition coefficient (Wildman–Crippen LogP) is 4.33. The number of hydrogen-bond acceptors (Lipinski definition) is 3.